The molecule has 0 fully saturated rings. The van der Waals surface area contributed by atoms with E-state index in [0.717, 1.165) is 27.7 Å². The summed E-state index contributed by atoms with van der Waals surface area (Å²) in [6.07, 6.45) is 0. The Labute approximate surface area is 172 Å². The third-order valence-corrected chi connectivity index (χ3v) is 5.87. The first-order valence-corrected chi connectivity index (χ1v) is 9.77. The number of halogens is 1. The van der Waals surface area contributed by atoms with E-state index in [2.05, 4.69) is 77.1 Å². The lowest BCUT2D eigenvalue weighted by Gasteiger charge is -2.21. The van der Waals surface area contributed by atoms with E-state index < -0.39 is 0 Å². The third-order valence-electron chi connectivity index (χ3n) is 4.80. The van der Waals surface area contributed by atoms with Gasteiger partial charge in [0.2, 0.25) is 0 Å². The number of nitriles is 1. The van der Waals surface area contributed by atoms with Gasteiger partial charge in [-0.3, -0.25) is 3.11 Å². The molecule has 0 aliphatic carbocycles. The van der Waals surface area contributed by atoms with Crippen molar-refractivity contribution in [1.82, 2.24) is 0 Å². The summed E-state index contributed by atoms with van der Waals surface area (Å²) >= 11 is 2.31. The fraction of sp³-hybridized carbons (Fsp3) is 0.174. The van der Waals surface area contributed by atoms with Crippen molar-refractivity contribution in [1.29, 1.82) is 5.26 Å². The number of fused-ring (bicyclic) bond motifs is 3. The predicted octanol–water partition coefficient (Wildman–Crippen LogP) is 7.24. The van der Waals surface area contributed by atoms with E-state index in [4.69, 9.17) is 4.42 Å². The maximum absolute atomic E-state index is 9.39. The number of benzene rings is 3. The van der Waals surface area contributed by atoms with Crippen molar-refractivity contribution in [3.63, 3.8) is 0 Å². The molecule has 4 rings (SSSR count). The van der Waals surface area contributed by atoms with Crippen LogP contribution in [0.25, 0.3) is 21.9 Å². The van der Waals surface area contributed by atoms with Crippen LogP contribution in [-0.2, 0) is 5.41 Å². The molecule has 4 heteroatoms. The van der Waals surface area contributed by atoms with E-state index in [9.17, 15) is 5.26 Å². The number of furan rings is 1. The highest BCUT2D eigenvalue weighted by atomic mass is 127. The molecule has 0 saturated carbocycles. The minimum absolute atomic E-state index is 0.126. The Balaban J connectivity index is 1.85. The Morgan fingerprint density at radius 2 is 1.52 bits per heavy atom. The first-order chi connectivity index (χ1) is 12.9. The van der Waals surface area contributed by atoms with E-state index in [1.165, 1.54) is 5.56 Å². The van der Waals surface area contributed by atoms with Gasteiger partial charge < -0.3 is 4.42 Å². The third kappa shape index (κ3) is 3.06. The molecule has 0 aliphatic rings. The molecule has 1 aromatic heterocycles. The van der Waals surface area contributed by atoms with Crippen LogP contribution in [0, 0.1) is 11.3 Å². The van der Waals surface area contributed by atoms with Gasteiger partial charge in [-0.2, -0.15) is 5.26 Å². The molecule has 0 saturated heterocycles. The molecule has 134 valence electrons. The van der Waals surface area contributed by atoms with Gasteiger partial charge in [0.1, 0.15) is 6.07 Å². The highest BCUT2D eigenvalue weighted by Gasteiger charge is 2.18. The van der Waals surface area contributed by atoms with E-state index in [-0.39, 0.29) is 5.41 Å². The second-order valence-electron chi connectivity index (χ2n) is 7.63. The minimum Gasteiger partial charge on any atom is -0.452 e. The molecule has 0 radical (unpaired) electrons. The van der Waals surface area contributed by atoms with Crippen LogP contribution in [-0.4, -0.2) is 0 Å². The highest BCUT2D eigenvalue weighted by molar-refractivity contribution is 14.1. The molecular formula is C23H19IN2O. The number of rotatable bonds is 2. The van der Waals surface area contributed by atoms with Gasteiger partial charge in [-0.25, -0.2) is 0 Å². The Hall–Kier alpha value is -2.52. The van der Waals surface area contributed by atoms with Gasteiger partial charge in [0, 0.05) is 10.8 Å². The number of hydrogen-bond acceptors (Lipinski definition) is 3. The summed E-state index contributed by atoms with van der Waals surface area (Å²) in [4.78, 5) is 0. The molecular weight excluding hydrogens is 447 g/mol. The van der Waals surface area contributed by atoms with Gasteiger partial charge in [-0.1, -0.05) is 57.2 Å². The number of anilines is 2. The van der Waals surface area contributed by atoms with Gasteiger partial charge in [0.05, 0.1) is 39.8 Å². The van der Waals surface area contributed by atoms with Crippen molar-refractivity contribution < 1.29 is 4.42 Å². The summed E-state index contributed by atoms with van der Waals surface area (Å²) in [7, 11) is 0. The maximum atomic E-state index is 9.39. The zero-order valence-corrected chi connectivity index (χ0v) is 17.6. The standard InChI is InChI=1S/C23H19IN2O/c1-23(2,3)16-10-12-17(13-11-16)26(24)20-9-5-8-19-18-7-4-6-15(14-25)21(18)27-22(19)20/h4-13H,1-3H3. The van der Waals surface area contributed by atoms with Crippen molar-refractivity contribution in [2.75, 3.05) is 3.11 Å². The number of hydrogen-bond donors (Lipinski definition) is 0. The smallest absolute Gasteiger partial charge is 0.159 e. The van der Waals surface area contributed by atoms with Gasteiger partial charge >= 0.3 is 0 Å². The van der Waals surface area contributed by atoms with Crippen LogP contribution >= 0.6 is 22.9 Å². The molecule has 0 N–H and O–H groups in total. The Bertz CT molecular complexity index is 1180. The van der Waals surface area contributed by atoms with Crippen molar-refractivity contribution in [2.24, 2.45) is 0 Å². The topological polar surface area (TPSA) is 40.2 Å². The molecule has 27 heavy (non-hydrogen) atoms. The average Bonchev–Trinajstić information content (AvgIpc) is 3.05. The van der Waals surface area contributed by atoms with Crippen LogP contribution in [0.5, 0.6) is 0 Å². The zero-order valence-electron chi connectivity index (χ0n) is 15.5. The highest BCUT2D eigenvalue weighted by Crippen LogP contribution is 2.40. The Morgan fingerprint density at radius 3 is 2.15 bits per heavy atom. The first-order valence-electron chi connectivity index (χ1n) is 8.81. The summed E-state index contributed by atoms with van der Waals surface area (Å²) < 4.78 is 8.26. The number of para-hydroxylation sites is 2. The minimum atomic E-state index is 0.126. The van der Waals surface area contributed by atoms with Crippen LogP contribution in [0.15, 0.2) is 65.1 Å². The zero-order chi connectivity index (χ0) is 19.2. The van der Waals surface area contributed by atoms with Gasteiger partial charge in [-0.15, -0.1) is 0 Å². The normalized spacial score (nSPS) is 11.7. The van der Waals surface area contributed by atoms with Crippen LogP contribution in [0.3, 0.4) is 0 Å². The summed E-state index contributed by atoms with van der Waals surface area (Å²) in [6.45, 7) is 6.64. The summed E-state index contributed by atoms with van der Waals surface area (Å²) in [6, 6.07) is 22.6. The van der Waals surface area contributed by atoms with Crippen molar-refractivity contribution >= 4 is 56.2 Å². The van der Waals surface area contributed by atoms with Crippen molar-refractivity contribution in [3.8, 4) is 6.07 Å². The summed E-state index contributed by atoms with van der Waals surface area (Å²) in [5, 5.41) is 11.4. The fourth-order valence-electron chi connectivity index (χ4n) is 3.28. The monoisotopic (exact) mass is 466 g/mol. The second-order valence-corrected chi connectivity index (χ2v) is 8.59. The Kier molecular flexibility index (Phi) is 4.35. The first kappa shape index (κ1) is 17.9. The van der Waals surface area contributed by atoms with Crippen LogP contribution in [0.1, 0.15) is 31.9 Å². The predicted molar refractivity (Wildman–Crippen MR) is 120 cm³/mol. The molecule has 0 aliphatic heterocycles. The SMILES string of the molecule is CC(C)(C)c1ccc(N(I)c2cccc3c2oc2c(C#N)cccc23)cc1. The van der Waals surface area contributed by atoms with Gasteiger partial charge in [-0.05, 0) is 35.2 Å². The van der Waals surface area contributed by atoms with Gasteiger partial charge in [0.25, 0.3) is 0 Å². The molecule has 0 bridgehead atoms. The van der Waals surface area contributed by atoms with Gasteiger partial charge in [0.15, 0.2) is 11.2 Å². The largest absolute Gasteiger partial charge is 0.452 e. The maximum Gasteiger partial charge on any atom is 0.159 e. The van der Waals surface area contributed by atoms with Crippen LogP contribution in [0.4, 0.5) is 11.4 Å². The molecule has 0 amide bonds. The average molecular weight is 466 g/mol. The lowest BCUT2D eigenvalue weighted by Crippen LogP contribution is -2.11. The molecule has 0 atom stereocenters. The van der Waals surface area contributed by atoms with E-state index >= 15 is 0 Å². The molecule has 1 heterocycles. The molecule has 3 nitrogen and oxygen atoms in total. The van der Waals surface area contributed by atoms with E-state index in [1.807, 2.05) is 30.3 Å². The summed E-state index contributed by atoms with van der Waals surface area (Å²) in [5.74, 6) is 0. The molecule has 0 spiro atoms. The van der Waals surface area contributed by atoms with E-state index in [1.54, 1.807) is 6.07 Å². The molecule has 4 aromatic rings. The lowest BCUT2D eigenvalue weighted by atomic mass is 9.87. The van der Waals surface area contributed by atoms with Crippen molar-refractivity contribution in [3.05, 3.63) is 71.8 Å². The summed E-state index contributed by atoms with van der Waals surface area (Å²) in [5.41, 5.74) is 5.48. The second kappa shape index (κ2) is 6.58. The molecule has 3 aromatic carbocycles. The molecule has 0 unspecified atom stereocenters. The van der Waals surface area contributed by atoms with E-state index in [0.29, 0.717) is 11.1 Å². The quantitative estimate of drug-likeness (QED) is 0.231. The Morgan fingerprint density at radius 1 is 0.889 bits per heavy atom. The van der Waals surface area contributed by atoms with Crippen LogP contribution in [0.2, 0.25) is 0 Å². The van der Waals surface area contributed by atoms with Crippen LogP contribution < -0.4 is 3.11 Å². The number of nitrogens with zero attached hydrogens (tertiary/aromatic N) is 2. The van der Waals surface area contributed by atoms with Crippen molar-refractivity contribution in [2.45, 2.75) is 26.2 Å². The lowest BCUT2D eigenvalue weighted by molar-refractivity contribution is 0.590. The fourth-order valence-corrected chi connectivity index (χ4v) is 3.98.